The molecule has 1 N–H and O–H groups in total. The maximum absolute atomic E-state index is 13.2. The van der Waals surface area contributed by atoms with E-state index in [4.69, 9.17) is 14.6 Å². The van der Waals surface area contributed by atoms with Crippen molar-refractivity contribution in [3.05, 3.63) is 66.1 Å². The third kappa shape index (κ3) is 4.83. The summed E-state index contributed by atoms with van der Waals surface area (Å²) in [5, 5.41) is 11.0. The smallest absolute Gasteiger partial charge is 0.290 e. The lowest BCUT2D eigenvalue weighted by atomic mass is 9.87. The molecule has 8 nitrogen and oxygen atoms in total. The van der Waals surface area contributed by atoms with E-state index < -0.39 is 0 Å². The second-order valence-electron chi connectivity index (χ2n) is 8.18. The Labute approximate surface area is 175 Å². The Kier molecular flexibility index (Phi) is 6.47. The maximum atomic E-state index is 13.2. The first-order valence-corrected chi connectivity index (χ1v) is 9.70. The van der Waals surface area contributed by atoms with Crippen LogP contribution in [0.25, 0.3) is 5.65 Å². The van der Waals surface area contributed by atoms with Gasteiger partial charge in [0.2, 0.25) is 0 Å². The summed E-state index contributed by atoms with van der Waals surface area (Å²) in [6, 6.07) is 13.7. The number of carbonyl (C=O) groups excluding carboxylic acids is 1. The van der Waals surface area contributed by atoms with E-state index >= 15 is 0 Å². The minimum absolute atomic E-state index is 0.000943. The van der Waals surface area contributed by atoms with Gasteiger partial charge in [-0.1, -0.05) is 51.1 Å². The van der Waals surface area contributed by atoms with E-state index in [1.54, 1.807) is 22.8 Å². The largest absolute Gasteiger partial charge is 0.483 e. The minimum Gasteiger partial charge on any atom is -0.483 e. The van der Waals surface area contributed by atoms with E-state index in [0.29, 0.717) is 24.3 Å². The number of hydrogen-bond donors (Lipinski definition) is 1. The van der Waals surface area contributed by atoms with Crippen molar-refractivity contribution in [3.63, 3.8) is 0 Å². The fourth-order valence-corrected chi connectivity index (χ4v) is 3.39. The Morgan fingerprint density at radius 3 is 2.57 bits per heavy atom. The highest BCUT2D eigenvalue weighted by Crippen LogP contribution is 2.34. The van der Waals surface area contributed by atoms with Gasteiger partial charge < -0.3 is 14.7 Å². The molecule has 3 heterocycles. The molecule has 1 fully saturated rings. The van der Waals surface area contributed by atoms with Crippen molar-refractivity contribution in [1.29, 1.82) is 0 Å². The summed E-state index contributed by atoms with van der Waals surface area (Å²) in [5.74, 6) is -0.000943. The number of benzene rings is 1. The van der Waals surface area contributed by atoms with E-state index in [-0.39, 0.29) is 30.0 Å². The molecular formula is C22H26N4O4. The molecule has 4 rings (SSSR count). The lowest BCUT2D eigenvalue weighted by Gasteiger charge is -2.43. The van der Waals surface area contributed by atoms with Gasteiger partial charge in [0.05, 0.1) is 12.6 Å². The van der Waals surface area contributed by atoms with Crippen molar-refractivity contribution in [3.8, 4) is 0 Å². The van der Waals surface area contributed by atoms with E-state index in [1.807, 2.05) is 23.1 Å². The standard InChI is InChI=1S/C21H24N4O2.CH2O2/c1-21(2,3)18-13-24(12-17(27-18)15-7-5-4-6-8-15)20(26)16-9-10-25-19(11-16)22-14-23-25;2-1-3/h4-11,14,17-18H,12-13H2,1-3H3;1H,(H,2,3)/t17-,18+;/m0./s1. The molecule has 1 amide bonds. The van der Waals surface area contributed by atoms with Crippen molar-refractivity contribution in [1.82, 2.24) is 19.5 Å². The number of carboxylic acid groups (broad SMARTS) is 1. The molecule has 8 heteroatoms. The van der Waals surface area contributed by atoms with Crippen LogP contribution in [0, 0.1) is 5.41 Å². The van der Waals surface area contributed by atoms with Crippen LogP contribution in [0.2, 0.25) is 0 Å². The Morgan fingerprint density at radius 2 is 1.90 bits per heavy atom. The molecule has 0 spiro atoms. The van der Waals surface area contributed by atoms with Crippen molar-refractivity contribution >= 4 is 18.0 Å². The zero-order valence-corrected chi connectivity index (χ0v) is 17.3. The van der Waals surface area contributed by atoms with Gasteiger partial charge in [0.15, 0.2) is 5.65 Å². The maximum Gasteiger partial charge on any atom is 0.290 e. The Bertz CT molecular complexity index is 997. The molecule has 2 aromatic heterocycles. The number of nitrogens with zero attached hydrogens (tertiary/aromatic N) is 4. The summed E-state index contributed by atoms with van der Waals surface area (Å²) >= 11 is 0. The highest BCUT2D eigenvalue weighted by atomic mass is 16.5. The Morgan fingerprint density at radius 1 is 1.20 bits per heavy atom. The molecule has 1 aliphatic rings. The number of fused-ring (bicyclic) bond motifs is 1. The van der Waals surface area contributed by atoms with Gasteiger partial charge in [0, 0.05) is 18.3 Å². The number of ether oxygens (including phenoxy) is 1. The Hall–Kier alpha value is -3.26. The van der Waals surface area contributed by atoms with Crippen molar-refractivity contribution in [2.75, 3.05) is 13.1 Å². The molecule has 1 aromatic carbocycles. The topological polar surface area (TPSA) is 97.0 Å². The van der Waals surface area contributed by atoms with Gasteiger partial charge in [-0.3, -0.25) is 9.59 Å². The summed E-state index contributed by atoms with van der Waals surface area (Å²) in [6.45, 7) is 7.30. The number of aromatic nitrogens is 3. The SMILES string of the molecule is CC(C)(C)[C@H]1CN(C(=O)c2ccn3ncnc3c2)C[C@@H](c2ccccc2)O1.O=CO. The van der Waals surface area contributed by atoms with Crippen molar-refractivity contribution in [2.24, 2.45) is 5.41 Å². The molecule has 0 bridgehead atoms. The summed E-state index contributed by atoms with van der Waals surface area (Å²) in [4.78, 5) is 27.7. The first kappa shape index (κ1) is 21.4. The zero-order chi connectivity index (χ0) is 21.7. The van der Waals surface area contributed by atoms with E-state index in [1.165, 1.54) is 6.33 Å². The molecule has 30 heavy (non-hydrogen) atoms. The van der Waals surface area contributed by atoms with Gasteiger partial charge in [-0.25, -0.2) is 9.50 Å². The highest BCUT2D eigenvalue weighted by molar-refractivity contribution is 5.95. The zero-order valence-electron chi connectivity index (χ0n) is 17.3. The molecule has 0 aliphatic carbocycles. The summed E-state index contributed by atoms with van der Waals surface area (Å²) in [5.41, 5.74) is 2.32. The first-order chi connectivity index (χ1) is 14.3. The second-order valence-corrected chi connectivity index (χ2v) is 8.18. The van der Waals surface area contributed by atoms with Crippen LogP contribution in [0.1, 0.15) is 42.8 Å². The molecule has 1 aliphatic heterocycles. The monoisotopic (exact) mass is 410 g/mol. The van der Waals surface area contributed by atoms with Gasteiger partial charge in [-0.05, 0) is 23.1 Å². The van der Waals surface area contributed by atoms with Gasteiger partial charge >= 0.3 is 0 Å². The number of carbonyl (C=O) groups is 2. The number of morpholine rings is 1. The molecule has 0 unspecified atom stereocenters. The second kappa shape index (κ2) is 9.04. The third-order valence-electron chi connectivity index (χ3n) is 5.05. The molecular weight excluding hydrogens is 384 g/mol. The summed E-state index contributed by atoms with van der Waals surface area (Å²) in [7, 11) is 0. The van der Waals surface area contributed by atoms with E-state index in [0.717, 1.165) is 5.56 Å². The number of pyridine rings is 1. The molecule has 2 atom stereocenters. The average Bonchev–Trinajstić information content (AvgIpc) is 3.21. The lowest BCUT2D eigenvalue weighted by molar-refractivity contribution is -0.122. The predicted molar refractivity (Wildman–Crippen MR) is 111 cm³/mol. The van der Waals surface area contributed by atoms with Crippen LogP contribution < -0.4 is 0 Å². The van der Waals surface area contributed by atoms with Crippen LogP contribution >= 0.6 is 0 Å². The van der Waals surface area contributed by atoms with Crippen molar-refractivity contribution < 1.29 is 19.4 Å². The molecule has 1 saturated heterocycles. The van der Waals surface area contributed by atoms with E-state index in [2.05, 4.69) is 43.0 Å². The highest BCUT2D eigenvalue weighted by Gasteiger charge is 2.37. The van der Waals surface area contributed by atoms with Gasteiger partial charge in [0.1, 0.15) is 12.4 Å². The minimum atomic E-state index is -0.250. The quantitative estimate of drug-likeness (QED) is 0.652. The fourth-order valence-electron chi connectivity index (χ4n) is 3.39. The first-order valence-electron chi connectivity index (χ1n) is 9.70. The molecule has 3 aromatic rings. The van der Waals surface area contributed by atoms with Crippen LogP contribution in [-0.2, 0) is 9.53 Å². The van der Waals surface area contributed by atoms with Gasteiger partial charge in [-0.15, -0.1) is 0 Å². The van der Waals surface area contributed by atoms with Crippen LogP contribution in [-0.4, -0.2) is 56.2 Å². The van der Waals surface area contributed by atoms with Crippen LogP contribution in [0.4, 0.5) is 0 Å². The third-order valence-corrected chi connectivity index (χ3v) is 5.05. The summed E-state index contributed by atoms with van der Waals surface area (Å²) < 4.78 is 8.04. The van der Waals surface area contributed by atoms with Gasteiger partial charge in [0.25, 0.3) is 12.4 Å². The lowest BCUT2D eigenvalue weighted by Crippen LogP contribution is -2.51. The molecule has 0 radical (unpaired) electrons. The van der Waals surface area contributed by atoms with Gasteiger partial charge in [-0.2, -0.15) is 5.10 Å². The predicted octanol–water partition coefficient (Wildman–Crippen LogP) is 3.06. The van der Waals surface area contributed by atoms with Crippen molar-refractivity contribution in [2.45, 2.75) is 33.0 Å². The molecule has 0 saturated carbocycles. The molecule has 158 valence electrons. The number of amides is 1. The van der Waals surface area contributed by atoms with Crippen LogP contribution in [0.3, 0.4) is 0 Å². The Balaban J connectivity index is 0.000000806. The average molecular weight is 410 g/mol. The van der Waals surface area contributed by atoms with Crippen LogP contribution in [0.5, 0.6) is 0 Å². The normalized spacial score (nSPS) is 19.1. The number of rotatable bonds is 2. The summed E-state index contributed by atoms with van der Waals surface area (Å²) in [6.07, 6.45) is 3.08. The van der Waals surface area contributed by atoms with E-state index in [9.17, 15) is 4.79 Å². The fraction of sp³-hybridized carbons (Fsp3) is 0.364. The number of hydrogen-bond acceptors (Lipinski definition) is 5. The van der Waals surface area contributed by atoms with Crippen LogP contribution in [0.15, 0.2) is 55.0 Å².